The van der Waals surface area contributed by atoms with E-state index < -0.39 is 0 Å². The Morgan fingerprint density at radius 2 is 2.45 bits per heavy atom. The fourth-order valence-corrected chi connectivity index (χ4v) is 1.20. The number of hydrogen-bond donors (Lipinski definition) is 1. The molecule has 1 aromatic heterocycles. The molecule has 0 aliphatic carbocycles. The van der Waals surface area contributed by atoms with Gasteiger partial charge >= 0.3 is 0 Å². The molecule has 0 saturated carbocycles. The van der Waals surface area contributed by atoms with E-state index in [-0.39, 0.29) is 6.61 Å². The van der Waals surface area contributed by atoms with Crippen LogP contribution in [0.4, 0.5) is 0 Å². The summed E-state index contributed by atoms with van der Waals surface area (Å²) >= 11 is 9.05. The van der Waals surface area contributed by atoms with Crippen LogP contribution in [0.15, 0.2) is 10.7 Å². The lowest BCUT2D eigenvalue weighted by Gasteiger charge is -1.99. The van der Waals surface area contributed by atoms with Crippen LogP contribution < -0.4 is 0 Å². The lowest BCUT2D eigenvalue weighted by molar-refractivity contribution is 0.277. The summed E-state index contributed by atoms with van der Waals surface area (Å²) in [7, 11) is 0. The van der Waals surface area contributed by atoms with Crippen molar-refractivity contribution in [3.05, 3.63) is 15.8 Å². The highest BCUT2D eigenvalue weighted by atomic mass is 79.9. The van der Waals surface area contributed by atoms with Crippen molar-refractivity contribution in [3.8, 4) is 0 Å². The van der Waals surface area contributed by atoms with Gasteiger partial charge in [-0.25, -0.2) is 0 Å². The lowest BCUT2D eigenvalue weighted by Crippen LogP contribution is -2.01. The molecule has 0 aliphatic rings. The minimum atomic E-state index is 0.161. The zero-order valence-corrected chi connectivity index (χ0v) is 8.14. The molecule has 0 aliphatic heterocycles. The predicted molar refractivity (Wildman–Crippen MR) is 46.6 cm³/mol. The largest absolute Gasteiger partial charge is 0.396 e. The van der Waals surface area contributed by atoms with Gasteiger partial charge in [0.05, 0.1) is 10.7 Å². The molecule has 3 nitrogen and oxygen atoms in total. The van der Waals surface area contributed by atoms with Gasteiger partial charge in [-0.2, -0.15) is 5.10 Å². The summed E-state index contributed by atoms with van der Waals surface area (Å²) in [6.45, 7) is 0.814. The third-order valence-corrected chi connectivity index (χ3v) is 2.47. The first-order chi connectivity index (χ1) is 5.25. The van der Waals surface area contributed by atoms with Crippen LogP contribution in [-0.4, -0.2) is 21.5 Å². The van der Waals surface area contributed by atoms with E-state index in [0.29, 0.717) is 18.1 Å². The predicted octanol–water partition coefficient (Wildman–Crippen LogP) is 1.68. The van der Waals surface area contributed by atoms with Gasteiger partial charge in [0.2, 0.25) is 0 Å². The summed E-state index contributed by atoms with van der Waals surface area (Å²) < 4.78 is 2.43. The van der Waals surface area contributed by atoms with Crippen molar-refractivity contribution in [2.45, 2.75) is 13.0 Å². The normalized spacial score (nSPS) is 10.5. The second-order valence-corrected chi connectivity index (χ2v) is 3.30. The van der Waals surface area contributed by atoms with Gasteiger partial charge in [0, 0.05) is 13.2 Å². The molecule has 11 heavy (non-hydrogen) atoms. The highest BCUT2D eigenvalue weighted by Gasteiger charge is 2.03. The zero-order chi connectivity index (χ0) is 8.27. The topological polar surface area (TPSA) is 38.0 Å². The van der Waals surface area contributed by atoms with Gasteiger partial charge in [-0.05, 0) is 22.4 Å². The van der Waals surface area contributed by atoms with Gasteiger partial charge in [0.1, 0.15) is 5.15 Å². The van der Waals surface area contributed by atoms with Gasteiger partial charge < -0.3 is 5.11 Å². The molecule has 0 radical (unpaired) electrons. The van der Waals surface area contributed by atoms with Crippen LogP contribution >= 0.6 is 27.5 Å². The monoisotopic (exact) mass is 238 g/mol. The minimum absolute atomic E-state index is 0.161. The molecule has 0 amide bonds. The number of rotatable bonds is 3. The summed E-state index contributed by atoms with van der Waals surface area (Å²) in [5, 5.41) is 13.1. The van der Waals surface area contributed by atoms with Gasteiger partial charge in [-0.1, -0.05) is 11.6 Å². The maximum atomic E-state index is 8.53. The SMILES string of the molecule is OCCCn1ncc(Br)c1Cl. The summed E-state index contributed by atoms with van der Waals surface area (Å²) in [6, 6.07) is 0. The fraction of sp³-hybridized carbons (Fsp3) is 0.500. The number of aromatic nitrogens is 2. The van der Waals surface area contributed by atoms with E-state index in [1.54, 1.807) is 10.9 Å². The fourth-order valence-electron chi connectivity index (χ4n) is 0.724. The lowest BCUT2D eigenvalue weighted by atomic mass is 10.5. The second kappa shape index (κ2) is 4.09. The Kier molecular flexibility index (Phi) is 3.36. The first-order valence-corrected chi connectivity index (χ1v) is 4.40. The average Bonchev–Trinajstić information content (AvgIpc) is 2.31. The number of aliphatic hydroxyl groups is 1. The summed E-state index contributed by atoms with van der Waals surface area (Å²) in [6.07, 6.45) is 2.31. The molecule has 5 heteroatoms. The molecule has 0 bridgehead atoms. The number of halogens is 2. The molecule has 62 valence electrons. The molecule has 0 fully saturated rings. The van der Waals surface area contributed by atoms with Crippen LogP contribution in [0.25, 0.3) is 0 Å². The van der Waals surface area contributed by atoms with Crippen molar-refractivity contribution in [1.29, 1.82) is 0 Å². The molecule has 0 unspecified atom stereocenters. The molecule has 1 heterocycles. The minimum Gasteiger partial charge on any atom is -0.396 e. The van der Waals surface area contributed by atoms with Crippen LogP contribution in [0.3, 0.4) is 0 Å². The Balaban J connectivity index is 2.63. The summed E-state index contributed by atoms with van der Waals surface area (Å²) in [5.41, 5.74) is 0. The second-order valence-electron chi connectivity index (χ2n) is 2.08. The van der Waals surface area contributed by atoms with Gasteiger partial charge in [0.25, 0.3) is 0 Å². The molecule has 0 spiro atoms. The maximum Gasteiger partial charge on any atom is 0.141 e. The van der Waals surface area contributed by atoms with Crippen LogP contribution in [0.1, 0.15) is 6.42 Å². The standard InChI is InChI=1S/C6H8BrClN2O/c7-5-4-9-10(6(5)8)2-1-3-11/h4,11H,1-3H2. The summed E-state index contributed by atoms with van der Waals surface area (Å²) in [4.78, 5) is 0. The zero-order valence-electron chi connectivity index (χ0n) is 5.80. The van der Waals surface area contributed by atoms with E-state index in [4.69, 9.17) is 16.7 Å². The van der Waals surface area contributed by atoms with Gasteiger partial charge in [-0.3, -0.25) is 4.68 Å². The Labute approximate surface area is 78.1 Å². The van der Waals surface area contributed by atoms with Crippen molar-refractivity contribution < 1.29 is 5.11 Å². The molecule has 0 atom stereocenters. The van der Waals surface area contributed by atoms with Crippen LogP contribution in [0.5, 0.6) is 0 Å². The van der Waals surface area contributed by atoms with Crippen molar-refractivity contribution in [3.63, 3.8) is 0 Å². The Morgan fingerprint density at radius 3 is 2.91 bits per heavy atom. The van der Waals surface area contributed by atoms with Crippen LogP contribution in [0.2, 0.25) is 5.15 Å². The van der Waals surface area contributed by atoms with Crippen molar-refractivity contribution in [2.24, 2.45) is 0 Å². The van der Waals surface area contributed by atoms with Gasteiger partial charge in [0.15, 0.2) is 0 Å². The third kappa shape index (κ3) is 2.18. The Bertz CT molecular complexity index is 238. The number of hydrogen-bond acceptors (Lipinski definition) is 2. The molecule has 0 aromatic carbocycles. The Hall–Kier alpha value is -0.0600. The number of nitrogens with zero attached hydrogens (tertiary/aromatic N) is 2. The number of aryl methyl sites for hydroxylation is 1. The molecular formula is C6H8BrClN2O. The smallest absolute Gasteiger partial charge is 0.141 e. The Morgan fingerprint density at radius 1 is 1.73 bits per heavy atom. The van der Waals surface area contributed by atoms with Crippen molar-refractivity contribution in [2.75, 3.05) is 6.61 Å². The average molecular weight is 240 g/mol. The van der Waals surface area contributed by atoms with E-state index in [0.717, 1.165) is 4.47 Å². The highest BCUT2D eigenvalue weighted by Crippen LogP contribution is 2.21. The van der Waals surface area contributed by atoms with Crippen molar-refractivity contribution in [1.82, 2.24) is 9.78 Å². The molecule has 0 saturated heterocycles. The van der Waals surface area contributed by atoms with Gasteiger partial charge in [-0.15, -0.1) is 0 Å². The number of aliphatic hydroxyl groups excluding tert-OH is 1. The molecule has 1 rings (SSSR count). The summed E-state index contributed by atoms with van der Waals surface area (Å²) in [5.74, 6) is 0. The molecule has 1 aromatic rings. The molecule has 1 N–H and O–H groups in total. The third-order valence-electron chi connectivity index (χ3n) is 1.26. The van der Waals surface area contributed by atoms with E-state index in [2.05, 4.69) is 21.0 Å². The van der Waals surface area contributed by atoms with Crippen molar-refractivity contribution >= 4 is 27.5 Å². The van der Waals surface area contributed by atoms with E-state index in [9.17, 15) is 0 Å². The maximum absolute atomic E-state index is 8.53. The first kappa shape index (κ1) is 9.03. The van der Waals surface area contributed by atoms with Crippen LogP contribution in [0, 0.1) is 0 Å². The van der Waals surface area contributed by atoms with E-state index in [1.165, 1.54) is 0 Å². The van der Waals surface area contributed by atoms with E-state index in [1.807, 2.05) is 0 Å². The van der Waals surface area contributed by atoms with E-state index >= 15 is 0 Å². The quantitative estimate of drug-likeness (QED) is 0.871. The highest BCUT2D eigenvalue weighted by molar-refractivity contribution is 9.10. The first-order valence-electron chi connectivity index (χ1n) is 3.23. The van der Waals surface area contributed by atoms with Crippen LogP contribution in [-0.2, 0) is 6.54 Å². The molecular weight excluding hydrogens is 231 g/mol.